The highest BCUT2D eigenvalue weighted by Crippen LogP contribution is 2.37. The van der Waals surface area contributed by atoms with Crippen LogP contribution >= 0.6 is 0 Å². The Kier molecular flexibility index (Phi) is 3.58. The fraction of sp³-hybridized carbons (Fsp3) is 0.182. The molecule has 0 saturated carbocycles. The number of rotatable bonds is 3. The summed E-state index contributed by atoms with van der Waals surface area (Å²) in [5.74, 6) is 0. The molecule has 0 fully saturated rings. The molecule has 0 spiro atoms. The van der Waals surface area contributed by atoms with Crippen molar-refractivity contribution in [2.75, 3.05) is 10.5 Å². The number of alkyl halides is 3. The molecule has 10 heteroatoms. The molecule has 1 heterocycles. The van der Waals surface area contributed by atoms with Gasteiger partial charge in [0.25, 0.3) is 10.0 Å². The van der Waals surface area contributed by atoms with E-state index in [-0.39, 0.29) is 16.3 Å². The highest BCUT2D eigenvalue weighted by Gasteiger charge is 2.35. The molecule has 4 N–H and O–H groups in total. The molecule has 1 aromatic heterocycles. The molecule has 6 nitrogen and oxygen atoms in total. The van der Waals surface area contributed by atoms with E-state index in [1.54, 1.807) is 0 Å². The lowest BCUT2D eigenvalue weighted by molar-refractivity contribution is -0.136. The van der Waals surface area contributed by atoms with Crippen molar-refractivity contribution >= 4 is 21.4 Å². The van der Waals surface area contributed by atoms with Crippen LogP contribution in [-0.2, 0) is 16.2 Å². The number of nitrogen functional groups attached to an aromatic ring is 1. The second kappa shape index (κ2) is 4.95. The van der Waals surface area contributed by atoms with Crippen LogP contribution in [0.5, 0.6) is 0 Å². The van der Waals surface area contributed by atoms with Crippen LogP contribution in [0.4, 0.5) is 24.5 Å². The molecule has 1 aromatic carbocycles. The van der Waals surface area contributed by atoms with E-state index in [1.807, 2.05) is 4.72 Å². The maximum absolute atomic E-state index is 12.9. The van der Waals surface area contributed by atoms with Crippen LogP contribution in [0.1, 0.15) is 11.3 Å². The summed E-state index contributed by atoms with van der Waals surface area (Å²) in [5, 5.41) is 5.93. The quantitative estimate of drug-likeness (QED) is 0.754. The predicted octanol–water partition coefficient (Wildman–Crippen LogP) is 2.12. The summed E-state index contributed by atoms with van der Waals surface area (Å²) in [6.45, 7) is 1.44. The average Bonchev–Trinajstić information content (AvgIpc) is 2.77. The van der Waals surface area contributed by atoms with Crippen LogP contribution in [0.25, 0.3) is 0 Å². The lowest BCUT2D eigenvalue weighted by Gasteiger charge is -2.15. The molecule has 0 bridgehead atoms. The maximum Gasteiger partial charge on any atom is 0.418 e. The molecule has 0 aliphatic carbocycles. The molecule has 0 atom stereocenters. The number of aryl methyl sites for hydroxylation is 1. The van der Waals surface area contributed by atoms with Gasteiger partial charge in [-0.2, -0.15) is 18.3 Å². The van der Waals surface area contributed by atoms with E-state index < -0.39 is 27.5 Å². The predicted molar refractivity (Wildman–Crippen MR) is 70.0 cm³/mol. The molecular formula is C11H11F3N4O2S. The molecule has 0 aliphatic heterocycles. The molecule has 0 saturated heterocycles. The van der Waals surface area contributed by atoms with Gasteiger partial charge >= 0.3 is 6.18 Å². The Hall–Kier alpha value is -2.23. The summed E-state index contributed by atoms with van der Waals surface area (Å²) in [6, 6.07) is 2.81. The van der Waals surface area contributed by atoms with Gasteiger partial charge in [-0.25, -0.2) is 8.42 Å². The van der Waals surface area contributed by atoms with E-state index in [0.717, 1.165) is 12.3 Å². The van der Waals surface area contributed by atoms with Crippen molar-refractivity contribution in [3.8, 4) is 0 Å². The van der Waals surface area contributed by atoms with E-state index in [4.69, 9.17) is 5.73 Å². The number of nitrogens with two attached hydrogens (primary N) is 1. The second-order valence-electron chi connectivity index (χ2n) is 4.27. The first-order chi connectivity index (χ1) is 9.61. The Balaban J connectivity index is 2.48. The monoisotopic (exact) mass is 320 g/mol. The molecule has 2 rings (SSSR count). The standard InChI is InChI=1S/C11H11F3N4O2S/c1-6-10(5-16-17-6)21(19,20)18-9-3-2-7(15)4-8(9)11(12,13)14/h2-5,18H,15H2,1H3,(H,16,17). The van der Waals surface area contributed by atoms with Gasteiger partial charge in [-0.15, -0.1) is 0 Å². The van der Waals surface area contributed by atoms with E-state index in [0.29, 0.717) is 6.07 Å². The SMILES string of the molecule is Cc1[nH]ncc1S(=O)(=O)Nc1ccc(N)cc1C(F)(F)F. The molecule has 2 aromatic rings. The van der Waals surface area contributed by atoms with Crippen molar-refractivity contribution < 1.29 is 21.6 Å². The van der Waals surface area contributed by atoms with E-state index in [1.165, 1.54) is 13.0 Å². The summed E-state index contributed by atoms with van der Waals surface area (Å²) in [6.07, 6.45) is -3.72. The minimum atomic E-state index is -4.74. The number of sulfonamides is 1. The zero-order chi connectivity index (χ0) is 15.8. The second-order valence-corrected chi connectivity index (χ2v) is 5.92. The lowest BCUT2D eigenvalue weighted by atomic mass is 10.1. The number of aromatic nitrogens is 2. The zero-order valence-electron chi connectivity index (χ0n) is 10.7. The Bertz CT molecular complexity index is 768. The fourth-order valence-corrected chi connectivity index (χ4v) is 2.91. The van der Waals surface area contributed by atoms with Crippen molar-refractivity contribution in [3.05, 3.63) is 35.7 Å². The van der Waals surface area contributed by atoms with Crippen LogP contribution in [0, 0.1) is 6.92 Å². The van der Waals surface area contributed by atoms with Gasteiger partial charge in [0.2, 0.25) is 0 Å². The number of benzene rings is 1. The van der Waals surface area contributed by atoms with Gasteiger partial charge in [0.15, 0.2) is 0 Å². The van der Waals surface area contributed by atoms with Gasteiger partial charge in [0.1, 0.15) is 4.90 Å². The summed E-state index contributed by atoms with van der Waals surface area (Å²) in [5.41, 5.74) is 3.65. The highest BCUT2D eigenvalue weighted by atomic mass is 32.2. The summed E-state index contributed by atoms with van der Waals surface area (Å²) in [7, 11) is -4.18. The Morgan fingerprint density at radius 1 is 1.33 bits per heavy atom. The Labute approximate surface area is 118 Å². The van der Waals surface area contributed by atoms with Crippen molar-refractivity contribution in [1.82, 2.24) is 10.2 Å². The van der Waals surface area contributed by atoms with Crippen LogP contribution in [0.2, 0.25) is 0 Å². The number of hydrogen-bond acceptors (Lipinski definition) is 4. The smallest absolute Gasteiger partial charge is 0.399 e. The van der Waals surface area contributed by atoms with Crippen LogP contribution in [0.15, 0.2) is 29.3 Å². The lowest BCUT2D eigenvalue weighted by Crippen LogP contribution is -2.17. The van der Waals surface area contributed by atoms with E-state index in [2.05, 4.69) is 10.2 Å². The number of halogens is 3. The fourth-order valence-electron chi connectivity index (χ4n) is 1.70. The molecule has 0 unspecified atom stereocenters. The van der Waals surface area contributed by atoms with E-state index >= 15 is 0 Å². The van der Waals surface area contributed by atoms with Crippen LogP contribution in [-0.4, -0.2) is 18.6 Å². The van der Waals surface area contributed by atoms with Gasteiger partial charge in [-0.05, 0) is 25.1 Å². The van der Waals surface area contributed by atoms with Crippen molar-refractivity contribution in [2.45, 2.75) is 18.0 Å². The number of hydrogen-bond donors (Lipinski definition) is 3. The topological polar surface area (TPSA) is 101 Å². The number of H-pyrrole nitrogens is 1. The molecule has 0 aliphatic rings. The molecule has 0 radical (unpaired) electrons. The van der Waals surface area contributed by atoms with Gasteiger partial charge < -0.3 is 5.73 Å². The number of anilines is 2. The summed E-state index contributed by atoms with van der Waals surface area (Å²) < 4.78 is 64.8. The van der Waals surface area contributed by atoms with Crippen LogP contribution < -0.4 is 10.5 Å². The maximum atomic E-state index is 12.9. The third-order valence-electron chi connectivity index (χ3n) is 2.67. The van der Waals surface area contributed by atoms with Crippen molar-refractivity contribution in [3.63, 3.8) is 0 Å². The summed E-state index contributed by atoms with van der Waals surface area (Å²) >= 11 is 0. The minimum Gasteiger partial charge on any atom is -0.399 e. The summed E-state index contributed by atoms with van der Waals surface area (Å²) in [4.78, 5) is -0.229. The molecule has 0 amide bonds. The normalized spacial score (nSPS) is 12.4. The zero-order valence-corrected chi connectivity index (χ0v) is 11.5. The van der Waals surface area contributed by atoms with Gasteiger partial charge in [-0.3, -0.25) is 9.82 Å². The van der Waals surface area contributed by atoms with Gasteiger partial charge in [0, 0.05) is 5.69 Å². The number of nitrogens with zero attached hydrogens (tertiary/aromatic N) is 1. The average molecular weight is 320 g/mol. The van der Waals surface area contributed by atoms with Crippen molar-refractivity contribution in [1.29, 1.82) is 0 Å². The number of aromatic amines is 1. The number of nitrogens with one attached hydrogen (secondary N) is 2. The first kappa shape index (κ1) is 15.2. The third-order valence-corrected chi connectivity index (χ3v) is 4.15. The van der Waals surface area contributed by atoms with E-state index in [9.17, 15) is 21.6 Å². The highest BCUT2D eigenvalue weighted by molar-refractivity contribution is 7.92. The first-order valence-corrected chi connectivity index (χ1v) is 7.09. The van der Waals surface area contributed by atoms with Gasteiger partial charge in [-0.1, -0.05) is 0 Å². The molecule has 21 heavy (non-hydrogen) atoms. The Morgan fingerprint density at radius 2 is 2.00 bits per heavy atom. The largest absolute Gasteiger partial charge is 0.418 e. The molecule has 114 valence electrons. The minimum absolute atomic E-state index is 0.121. The Morgan fingerprint density at radius 3 is 2.52 bits per heavy atom. The third kappa shape index (κ3) is 3.10. The first-order valence-electron chi connectivity index (χ1n) is 5.61. The van der Waals surface area contributed by atoms with Crippen molar-refractivity contribution in [2.24, 2.45) is 0 Å². The van der Waals surface area contributed by atoms with Gasteiger partial charge in [0.05, 0.1) is 23.1 Å². The molecular weight excluding hydrogens is 309 g/mol. The van der Waals surface area contributed by atoms with Crippen LogP contribution in [0.3, 0.4) is 0 Å².